The van der Waals surface area contributed by atoms with Gasteiger partial charge in [0.15, 0.2) is 0 Å². The fraction of sp³-hybridized carbons (Fsp3) is 0.238. The predicted octanol–water partition coefficient (Wildman–Crippen LogP) is 3.37. The van der Waals surface area contributed by atoms with Gasteiger partial charge in [-0.3, -0.25) is 9.59 Å². The molecule has 0 radical (unpaired) electrons. The van der Waals surface area contributed by atoms with Gasteiger partial charge < -0.3 is 15.1 Å². The van der Waals surface area contributed by atoms with Crippen molar-refractivity contribution < 1.29 is 14.0 Å². The van der Waals surface area contributed by atoms with Crippen LogP contribution in [0.15, 0.2) is 52.9 Å². The van der Waals surface area contributed by atoms with Crippen LogP contribution in [-0.4, -0.2) is 28.6 Å². The van der Waals surface area contributed by atoms with Crippen molar-refractivity contribution in [3.8, 4) is 11.5 Å². The molecule has 1 heterocycles. The average Bonchev–Trinajstić information content (AvgIpc) is 3.16. The van der Waals surface area contributed by atoms with E-state index in [0.717, 1.165) is 11.1 Å². The Morgan fingerprint density at radius 3 is 2.61 bits per heavy atom. The quantitative estimate of drug-likeness (QED) is 0.657. The molecule has 7 heteroatoms. The van der Waals surface area contributed by atoms with Crippen LogP contribution in [0.1, 0.15) is 35.2 Å². The Balaban J connectivity index is 1.56. The zero-order valence-electron chi connectivity index (χ0n) is 15.9. The van der Waals surface area contributed by atoms with Crippen LogP contribution in [0.25, 0.3) is 11.5 Å². The fourth-order valence-electron chi connectivity index (χ4n) is 2.61. The molecule has 0 atom stereocenters. The first kappa shape index (κ1) is 19.3. The minimum absolute atomic E-state index is 0.173. The number of nitrogens with zero attached hydrogens (tertiary/aromatic N) is 2. The van der Waals surface area contributed by atoms with Gasteiger partial charge in [0.1, 0.15) is 0 Å². The lowest BCUT2D eigenvalue weighted by Crippen LogP contribution is -2.22. The monoisotopic (exact) mass is 378 g/mol. The minimum Gasteiger partial charge on any atom is -0.421 e. The standard InChI is InChI=1S/C21H22N4O3/c1-3-22-20(27)16-5-4-6-17(13-16)23-18(26)11-12-19-24-25-21(28-19)15-9-7-14(2)8-10-15/h4-10,13H,3,11-12H2,1-2H3,(H,22,27)(H,23,26). The second kappa shape index (κ2) is 8.94. The minimum atomic E-state index is -0.192. The highest BCUT2D eigenvalue weighted by atomic mass is 16.4. The SMILES string of the molecule is CCNC(=O)c1cccc(NC(=O)CCc2nnc(-c3ccc(C)cc3)o2)c1. The number of hydrogen-bond donors (Lipinski definition) is 2. The molecule has 1 aromatic heterocycles. The van der Waals surface area contributed by atoms with Gasteiger partial charge in [-0.05, 0) is 44.2 Å². The van der Waals surface area contributed by atoms with Gasteiger partial charge in [-0.15, -0.1) is 10.2 Å². The maximum atomic E-state index is 12.2. The molecule has 144 valence electrons. The molecule has 0 bridgehead atoms. The van der Waals surface area contributed by atoms with E-state index in [4.69, 9.17) is 4.42 Å². The summed E-state index contributed by atoms with van der Waals surface area (Å²) < 4.78 is 5.63. The molecule has 0 aliphatic carbocycles. The fourth-order valence-corrected chi connectivity index (χ4v) is 2.61. The number of benzene rings is 2. The molecule has 0 aliphatic heterocycles. The summed E-state index contributed by atoms with van der Waals surface area (Å²) in [7, 11) is 0. The lowest BCUT2D eigenvalue weighted by Gasteiger charge is -2.07. The molecule has 0 fully saturated rings. The van der Waals surface area contributed by atoms with E-state index in [1.807, 2.05) is 38.1 Å². The van der Waals surface area contributed by atoms with Crippen molar-refractivity contribution in [2.45, 2.75) is 26.7 Å². The topological polar surface area (TPSA) is 97.1 Å². The summed E-state index contributed by atoms with van der Waals surface area (Å²) in [6, 6.07) is 14.6. The number of carbonyl (C=O) groups is 2. The Hall–Kier alpha value is -3.48. The van der Waals surface area contributed by atoms with Crippen LogP contribution in [0.4, 0.5) is 5.69 Å². The van der Waals surface area contributed by atoms with Gasteiger partial charge in [-0.25, -0.2) is 0 Å². The molecular formula is C21H22N4O3. The van der Waals surface area contributed by atoms with Crippen LogP contribution in [0, 0.1) is 6.92 Å². The van der Waals surface area contributed by atoms with Crippen LogP contribution in [0.2, 0.25) is 0 Å². The Kier molecular flexibility index (Phi) is 6.16. The summed E-state index contributed by atoms with van der Waals surface area (Å²) in [5.74, 6) is 0.475. The van der Waals surface area contributed by atoms with Crippen LogP contribution in [-0.2, 0) is 11.2 Å². The van der Waals surface area contributed by atoms with Crippen molar-refractivity contribution in [2.75, 3.05) is 11.9 Å². The molecule has 3 aromatic rings. The highest BCUT2D eigenvalue weighted by Gasteiger charge is 2.11. The molecule has 2 amide bonds. The molecule has 3 rings (SSSR count). The molecule has 0 saturated heterocycles. The Bertz CT molecular complexity index is 964. The summed E-state index contributed by atoms with van der Waals surface area (Å²) in [6.07, 6.45) is 0.529. The largest absolute Gasteiger partial charge is 0.421 e. The normalized spacial score (nSPS) is 10.5. The van der Waals surface area contributed by atoms with E-state index in [-0.39, 0.29) is 18.2 Å². The third-order valence-electron chi connectivity index (χ3n) is 4.08. The second-order valence-electron chi connectivity index (χ2n) is 6.36. The molecule has 7 nitrogen and oxygen atoms in total. The summed E-state index contributed by atoms with van der Waals surface area (Å²) in [6.45, 7) is 4.41. The summed E-state index contributed by atoms with van der Waals surface area (Å²) in [5, 5.41) is 13.5. The molecule has 2 aromatic carbocycles. The average molecular weight is 378 g/mol. The number of aromatic nitrogens is 2. The van der Waals surface area contributed by atoms with Crippen molar-refractivity contribution in [1.29, 1.82) is 0 Å². The first-order valence-electron chi connectivity index (χ1n) is 9.12. The maximum absolute atomic E-state index is 12.2. The van der Waals surface area contributed by atoms with Crippen molar-refractivity contribution in [3.05, 3.63) is 65.5 Å². The van der Waals surface area contributed by atoms with Gasteiger partial charge in [0.2, 0.25) is 17.7 Å². The highest BCUT2D eigenvalue weighted by Crippen LogP contribution is 2.19. The maximum Gasteiger partial charge on any atom is 0.251 e. The van der Waals surface area contributed by atoms with Crippen LogP contribution < -0.4 is 10.6 Å². The first-order chi connectivity index (χ1) is 13.5. The zero-order valence-corrected chi connectivity index (χ0v) is 15.9. The van der Waals surface area contributed by atoms with Gasteiger partial charge in [-0.2, -0.15) is 0 Å². The lowest BCUT2D eigenvalue weighted by atomic mass is 10.1. The van der Waals surface area contributed by atoms with Gasteiger partial charge >= 0.3 is 0 Å². The van der Waals surface area contributed by atoms with Gasteiger partial charge in [0, 0.05) is 36.2 Å². The zero-order chi connectivity index (χ0) is 19.9. The molecule has 0 unspecified atom stereocenters. The van der Waals surface area contributed by atoms with E-state index in [1.165, 1.54) is 0 Å². The third-order valence-corrected chi connectivity index (χ3v) is 4.08. The van der Waals surface area contributed by atoms with Crippen LogP contribution >= 0.6 is 0 Å². The van der Waals surface area contributed by atoms with E-state index in [0.29, 0.717) is 36.0 Å². The lowest BCUT2D eigenvalue weighted by molar-refractivity contribution is -0.116. The van der Waals surface area contributed by atoms with Gasteiger partial charge in [0.05, 0.1) is 0 Å². The van der Waals surface area contributed by atoms with Crippen LogP contribution in [0.5, 0.6) is 0 Å². The second-order valence-corrected chi connectivity index (χ2v) is 6.36. The number of amides is 2. The van der Waals surface area contributed by atoms with Gasteiger partial charge in [-0.1, -0.05) is 23.8 Å². The van der Waals surface area contributed by atoms with Crippen molar-refractivity contribution >= 4 is 17.5 Å². The van der Waals surface area contributed by atoms with E-state index in [2.05, 4.69) is 20.8 Å². The number of rotatable bonds is 7. The van der Waals surface area contributed by atoms with E-state index < -0.39 is 0 Å². The van der Waals surface area contributed by atoms with Crippen molar-refractivity contribution in [2.24, 2.45) is 0 Å². The number of hydrogen-bond acceptors (Lipinski definition) is 5. The van der Waals surface area contributed by atoms with Crippen molar-refractivity contribution in [3.63, 3.8) is 0 Å². The van der Waals surface area contributed by atoms with Crippen molar-refractivity contribution in [1.82, 2.24) is 15.5 Å². The van der Waals surface area contributed by atoms with E-state index in [1.54, 1.807) is 24.3 Å². The molecule has 0 spiro atoms. The Morgan fingerprint density at radius 1 is 1.07 bits per heavy atom. The smallest absolute Gasteiger partial charge is 0.251 e. The van der Waals surface area contributed by atoms with Gasteiger partial charge in [0.25, 0.3) is 5.91 Å². The number of anilines is 1. The molecule has 2 N–H and O–H groups in total. The van der Waals surface area contributed by atoms with Crippen LogP contribution in [0.3, 0.4) is 0 Å². The Morgan fingerprint density at radius 2 is 1.86 bits per heavy atom. The third kappa shape index (κ3) is 5.03. The molecule has 28 heavy (non-hydrogen) atoms. The number of aryl methyl sites for hydroxylation is 2. The first-order valence-corrected chi connectivity index (χ1v) is 9.12. The highest BCUT2D eigenvalue weighted by molar-refractivity contribution is 5.97. The Labute approximate surface area is 163 Å². The summed E-state index contributed by atoms with van der Waals surface area (Å²) in [4.78, 5) is 24.1. The summed E-state index contributed by atoms with van der Waals surface area (Å²) >= 11 is 0. The number of nitrogens with one attached hydrogen (secondary N) is 2. The van der Waals surface area contributed by atoms with E-state index in [9.17, 15) is 9.59 Å². The number of carbonyl (C=O) groups excluding carboxylic acids is 2. The molecular weight excluding hydrogens is 356 g/mol. The molecule has 0 saturated carbocycles. The predicted molar refractivity (Wildman–Crippen MR) is 106 cm³/mol. The molecule has 0 aliphatic rings. The summed E-state index contributed by atoms with van der Waals surface area (Å²) in [5.41, 5.74) is 3.06. The van der Waals surface area contributed by atoms with E-state index >= 15 is 0 Å².